The molecule has 0 atom stereocenters. The molecule has 0 fully saturated rings. The third-order valence-electron chi connectivity index (χ3n) is 1.97. The molecule has 0 saturated carbocycles. The largest absolute Gasteiger partial charge is 0.466 e. The van der Waals surface area contributed by atoms with Crippen LogP contribution in [0.1, 0.15) is 25.5 Å². The van der Waals surface area contributed by atoms with Crippen LogP contribution < -0.4 is 5.32 Å². The second-order valence-corrected chi connectivity index (χ2v) is 4.07. The third kappa shape index (κ3) is 5.32. The van der Waals surface area contributed by atoms with Gasteiger partial charge in [0.2, 0.25) is 0 Å². The van der Waals surface area contributed by atoms with E-state index in [1.807, 2.05) is 19.1 Å². The maximum Gasteiger partial charge on any atom is 0.305 e. The van der Waals surface area contributed by atoms with E-state index in [1.54, 1.807) is 0 Å². The number of nitrogens with one attached hydrogen (secondary N) is 1. The van der Waals surface area contributed by atoms with Crippen LogP contribution in [0, 0.1) is 0 Å². The Hall–Kier alpha value is -0.810. The Morgan fingerprint density at radius 1 is 1.56 bits per heavy atom. The molecular weight excluding hydrogens is 274 g/mol. The van der Waals surface area contributed by atoms with E-state index in [-0.39, 0.29) is 5.97 Å². The van der Waals surface area contributed by atoms with Crippen molar-refractivity contribution in [3.63, 3.8) is 0 Å². The Balaban J connectivity index is 2.02. The van der Waals surface area contributed by atoms with Gasteiger partial charge < -0.3 is 14.5 Å². The van der Waals surface area contributed by atoms with Gasteiger partial charge in [0.1, 0.15) is 5.76 Å². The maximum atomic E-state index is 11.0. The standard InChI is InChI=1S/C11H16BrNO3/c1-2-15-11(14)4-3-7-13-8-9-5-6-10(12)16-9/h5-6,13H,2-4,7-8H2,1H3. The Bertz CT molecular complexity index is 325. The van der Waals surface area contributed by atoms with Crippen molar-refractivity contribution in [2.75, 3.05) is 13.2 Å². The molecule has 0 spiro atoms. The first-order valence-electron chi connectivity index (χ1n) is 5.33. The molecule has 5 heteroatoms. The van der Waals surface area contributed by atoms with Crippen LogP contribution in [0.5, 0.6) is 0 Å². The lowest BCUT2D eigenvalue weighted by molar-refractivity contribution is -0.143. The number of carbonyl (C=O) groups is 1. The van der Waals surface area contributed by atoms with Crippen LogP contribution in [-0.2, 0) is 16.1 Å². The highest BCUT2D eigenvalue weighted by atomic mass is 79.9. The molecule has 1 aromatic rings. The van der Waals surface area contributed by atoms with Gasteiger partial charge >= 0.3 is 5.97 Å². The number of halogens is 1. The first-order valence-corrected chi connectivity index (χ1v) is 6.12. The average Bonchev–Trinajstić information content (AvgIpc) is 2.64. The van der Waals surface area contributed by atoms with Crippen molar-refractivity contribution in [2.24, 2.45) is 0 Å². The van der Waals surface area contributed by atoms with Gasteiger partial charge in [0.05, 0.1) is 13.2 Å². The molecule has 0 aliphatic carbocycles. The number of rotatable bonds is 7. The highest BCUT2D eigenvalue weighted by molar-refractivity contribution is 9.10. The number of ether oxygens (including phenoxy) is 1. The molecule has 0 aliphatic heterocycles. The van der Waals surface area contributed by atoms with Crippen molar-refractivity contribution in [1.29, 1.82) is 0 Å². The summed E-state index contributed by atoms with van der Waals surface area (Å²) >= 11 is 3.24. The molecule has 0 radical (unpaired) electrons. The van der Waals surface area contributed by atoms with Gasteiger partial charge in [-0.05, 0) is 48.0 Å². The van der Waals surface area contributed by atoms with Gasteiger partial charge in [-0.1, -0.05) is 0 Å². The van der Waals surface area contributed by atoms with E-state index in [0.717, 1.165) is 23.4 Å². The summed E-state index contributed by atoms with van der Waals surface area (Å²) in [6, 6.07) is 3.76. The second-order valence-electron chi connectivity index (χ2n) is 3.29. The summed E-state index contributed by atoms with van der Waals surface area (Å²) in [5.41, 5.74) is 0. The van der Waals surface area contributed by atoms with Crippen molar-refractivity contribution < 1.29 is 13.9 Å². The molecule has 4 nitrogen and oxygen atoms in total. The van der Waals surface area contributed by atoms with Crippen LogP contribution in [-0.4, -0.2) is 19.1 Å². The van der Waals surface area contributed by atoms with E-state index >= 15 is 0 Å². The molecular formula is C11H16BrNO3. The van der Waals surface area contributed by atoms with Gasteiger partial charge in [0.15, 0.2) is 4.67 Å². The van der Waals surface area contributed by atoms with E-state index in [2.05, 4.69) is 21.2 Å². The maximum absolute atomic E-state index is 11.0. The summed E-state index contributed by atoms with van der Waals surface area (Å²) in [4.78, 5) is 11.0. The molecule has 16 heavy (non-hydrogen) atoms. The van der Waals surface area contributed by atoms with E-state index in [9.17, 15) is 4.79 Å². The predicted octanol–water partition coefficient (Wildman–Crippen LogP) is 2.48. The normalized spacial score (nSPS) is 10.4. The van der Waals surface area contributed by atoms with Crippen LogP contribution >= 0.6 is 15.9 Å². The molecule has 0 bridgehead atoms. The van der Waals surface area contributed by atoms with Gasteiger partial charge in [0.25, 0.3) is 0 Å². The van der Waals surface area contributed by atoms with Gasteiger partial charge in [-0.3, -0.25) is 4.79 Å². The minimum absolute atomic E-state index is 0.134. The summed E-state index contributed by atoms with van der Waals surface area (Å²) in [5.74, 6) is 0.744. The van der Waals surface area contributed by atoms with Crippen LogP contribution in [0.4, 0.5) is 0 Å². The molecule has 0 amide bonds. The molecule has 1 rings (SSSR count). The van der Waals surface area contributed by atoms with Gasteiger partial charge in [-0.2, -0.15) is 0 Å². The minimum Gasteiger partial charge on any atom is -0.466 e. The Labute approximate surface area is 103 Å². The summed E-state index contributed by atoms with van der Waals surface area (Å²) in [5, 5.41) is 3.19. The van der Waals surface area contributed by atoms with Crippen LogP contribution in [0.3, 0.4) is 0 Å². The Kier molecular flexibility index (Phi) is 6.18. The van der Waals surface area contributed by atoms with Crippen molar-refractivity contribution in [1.82, 2.24) is 5.32 Å². The highest BCUT2D eigenvalue weighted by Gasteiger charge is 2.01. The molecule has 0 aliphatic rings. The Morgan fingerprint density at radius 3 is 3.00 bits per heavy atom. The summed E-state index contributed by atoms with van der Waals surface area (Å²) in [6.45, 7) is 3.71. The lowest BCUT2D eigenvalue weighted by Gasteiger charge is -2.03. The van der Waals surface area contributed by atoms with E-state index < -0.39 is 0 Å². The highest BCUT2D eigenvalue weighted by Crippen LogP contribution is 2.13. The van der Waals surface area contributed by atoms with E-state index in [0.29, 0.717) is 19.6 Å². The first-order chi connectivity index (χ1) is 7.72. The zero-order chi connectivity index (χ0) is 11.8. The number of furan rings is 1. The van der Waals surface area contributed by atoms with Crippen molar-refractivity contribution in [3.05, 3.63) is 22.6 Å². The topological polar surface area (TPSA) is 51.5 Å². The number of esters is 1. The number of hydrogen-bond donors (Lipinski definition) is 1. The average molecular weight is 290 g/mol. The molecule has 0 aromatic carbocycles. The molecule has 90 valence electrons. The predicted molar refractivity (Wildman–Crippen MR) is 64.0 cm³/mol. The summed E-state index contributed by atoms with van der Waals surface area (Å²) in [7, 11) is 0. The monoisotopic (exact) mass is 289 g/mol. The summed E-state index contributed by atoms with van der Waals surface area (Å²) < 4.78 is 10.9. The van der Waals surface area contributed by atoms with Crippen molar-refractivity contribution in [2.45, 2.75) is 26.3 Å². The second kappa shape index (κ2) is 7.46. The Morgan fingerprint density at radius 2 is 2.38 bits per heavy atom. The van der Waals surface area contributed by atoms with Crippen LogP contribution in [0.15, 0.2) is 21.2 Å². The smallest absolute Gasteiger partial charge is 0.305 e. The fraction of sp³-hybridized carbons (Fsp3) is 0.545. The molecule has 1 heterocycles. The van der Waals surface area contributed by atoms with E-state index in [1.165, 1.54) is 0 Å². The number of hydrogen-bond acceptors (Lipinski definition) is 4. The quantitative estimate of drug-likeness (QED) is 0.619. The zero-order valence-corrected chi connectivity index (χ0v) is 10.9. The zero-order valence-electron chi connectivity index (χ0n) is 9.29. The molecule has 1 N–H and O–H groups in total. The van der Waals surface area contributed by atoms with Gasteiger partial charge in [-0.15, -0.1) is 0 Å². The third-order valence-corrected chi connectivity index (χ3v) is 2.39. The van der Waals surface area contributed by atoms with Gasteiger partial charge in [-0.25, -0.2) is 0 Å². The van der Waals surface area contributed by atoms with Crippen molar-refractivity contribution >= 4 is 21.9 Å². The molecule has 0 saturated heterocycles. The van der Waals surface area contributed by atoms with Crippen LogP contribution in [0.25, 0.3) is 0 Å². The minimum atomic E-state index is -0.134. The van der Waals surface area contributed by atoms with Gasteiger partial charge in [0, 0.05) is 6.42 Å². The van der Waals surface area contributed by atoms with E-state index in [4.69, 9.17) is 9.15 Å². The molecule has 0 unspecified atom stereocenters. The lowest BCUT2D eigenvalue weighted by atomic mass is 10.3. The SMILES string of the molecule is CCOC(=O)CCCNCc1ccc(Br)o1. The lowest BCUT2D eigenvalue weighted by Crippen LogP contribution is -2.16. The first kappa shape index (κ1) is 13.3. The fourth-order valence-corrected chi connectivity index (χ4v) is 1.59. The van der Waals surface area contributed by atoms with Crippen LogP contribution in [0.2, 0.25) is 0 Å². The summed E-state index contributed by atoms with van der Waals surface area (Å²) in [6.07, 6.45) is 1.24. The molecule has 1 aromatic heterocycles. The number of carbonyl (C=O) groups excluding carboxylic acids is 1. The van der Waals surface area contributed by atoms with Crippen molar-refractivity contribution in [3.8, 4) is 0 Å². The fourth-order valence-electron chi connectivity index (χ4n) is 1.25.